The summed E-state index contributed by atoms with van der Waals surface area (Å²) < 4.78 is 3.34. The Morgan fingerprint density at radius 1 is 1.42 bits per heavy atom. The summed E-state index contributed by atoms with van der Waals surface area (Å²) in [6, 6.07) is 2.87. The first-order valence-corrected chi connectivity index (χ1v) is 6.05. The van der Waals surface area contributed by atoms with Gasteiger partial charge in [-0.3, -0.25) is 4.79 Å². The van der Waals surface area contributed by atoms with Crippen molar-refractivity contribution in [2.75, 3.05) is 0 Å². The number of rotatable bonds is 5. The maximum absolute atomic E-state index is 12.0. The quantitative estimate of drug-likeness (QED) is 0.877. The smallest absolute Gasteiger partial charge is 0.341 e. The minimum Gasteiger partial charge on any atom is -0.477 e. The lowest BCUT2D eigenvalue weighted by Crippen LogP contribution is -2.26. The van der Waals surface area contributed by atoms with Crippen molar-refractivity contribution >= 4 is 5.97 Å². The molecule has 0 aliphatic heterocycles. The van der Waals surface area contributed by atoms with E-state index in [1.165, 1.54) is 10.6 Å². The van der Waals surface area contributed by atoms with Crippen LogP contribution in [-0.4, -0.2) is 25.2 Å². The average molecular weight is 261 g/mol. The maximum Gasteiger partial charge on any atom is 0.341 e. The van der Waals surface area contributed by atoms with E-state index in [4.69, 9.17) is 5.11 Å². The summed E-state index contributed by atoms with van der Waals surface area (Å²) in [7, 11) is 0. The third kappa shape index (κ3) is 2.73. The number of hydrogen-bond donors (Lipinski definition) is 1. The van der Waals surface area contributed by atoms with Crippen molar-refractivity contribution in [3.63, 3.8) is 0 Å². The van der Waals surface area contributed by atoms with Crippen molar-refractivity contribution < 1.29 is 9.90 Å². The zero-order valence-corrected chi connectivity index (χ0v) is 10.6. The Kier molecular flexibility index (Phi) is 3.79. The Labute approximate surface area is 109 Å². The number of aromatic carboxylic acids is 1. The van der Waals surface area contributed by atoms with Crippen molar-refractivity contribution in [3.05, 3.63) is 52.5 Å². The molecule has 100 valence electrons. The molecule has 0 saturated carbocycles. The molecule has 0 radical (unpaired) electrons. The maximum atomic E-state index is 12.0. The number of carbonyl (C=O) groups is 1. The summed E-state index contributed by atoms with van der Waals surface area (Å²) in [4.78, 5) is 26.9. The molecule has 19 heavy (non-hydrogen) atoms. The molecule has 0 unspecified atom stereocenters. The second-order valence-corrected chi connectivity index (χ2v) is 4.24. The van der Waals surface area contributed by atoms with Gasteiger partial charge < -0.3 is 14.2 Å². The first-order chi connectivity index (χ1) is 9.13. The fourth-order valence-corrected chi connectivity index (χ4v) is 1.92. The monoisotopic (exact) mass is 261 g/mol. The zero-order chi connectivity index (χ0) is 13.8. The van der Waals surface area contributed by atoms with Gasteiger partial charge in [0.2, 0.25) is 0 Å². The normalized spacial score (nSPS) is 10.6. The van der Waals surface area contributed by atoms with Gasteiger partial charge in [-0.15, -0.1) is 0 Å². The molecular weight excluding hydrogens is 246 g/mol. The second kappa shape index (κ2) is 5.51. The molecule has 0 saturated heterocycles. The lowest BCUT2D eigenvalue weighted by atomic mass is 10.2. The molecule has 0 fully saturated rings. The van der Waals surface area contributed by atoms with Gasteiger partial charge in [0.15, 0.2) is 0 Å². The highest BCUT2D eigenvalue weighted by molar-refractivity contribution is 5.86. The van der Waals surface area contributed by atoms with Crippen molar-refractivity contribution in [1.82, 2.24) is 14.1 Å². The predicted octanol–water partition coefficient (Wildman–Crippen LogP) is 1.20. The zero-order valence-electron chi connectivity index (χ0n) is 10.6. The highest BCUT2D eigenvalue weighted by atomic mass is 16.4. The molecule has 6 nitrogen and oxygen atoms in total. The molecule has 0 amide bonds. The van der Waals surface area contributed by atoms with E-state index in [0.717, 1.165) is 18.7 Å². The number of imidazole rings is 1. The van der Waals surface area contributed by atoms with Gasteiger partial charge in [-0.1, -0.05) is 6.92 Å². The topological polar surface area (TPSA) is 77.1 Å². The molecule has 2 aromatic rings. The Bertz CT molecular complexity index is 643. The second-order valence-electron chi connectivity index (χ2n) is 4.24. The minimum absolute atomic E-state index is 0.218. The third-order valence-electron chi connectivity index (χ3n) is 2.85. The van der Waals surface area contributed by atoms with Gasteiger partial charge in [0.1, 0.15) is 5.56 Å². The highest BCUT2D eigenvalue weighted by Gasteiger charge is 2.11. The van der Waals surface area contributed by atoms with Crippen LogP contribution in [0.4, 0.5) is 0 Å². The number of aromatic nitrogens is 3. The van der Waals surface area contributed by atoms with Gasteiger partial charge in [-0.05, 0) is 18.6 Å². The average Bonchev–Trinajstić information content (AvgIpc) is 2.79. The van der Waals surface area contributed by atoms with Gasteiger partial charge in [0.25, 0.3) is 5.56 Å². The largest absolute Gasteiger partial charge is 0.477 e. The number of carboxylic acid groups (broad SMARTS) is 1. The molecule has 0 aliphatic carbocycles. The van der Waals surface area contributed by atoms with Crippen molar-refractivity contribution in [2.24, 2.45) is 0 Å². The lowest BCUT2D eigenvalue weighted by molar-refractivity contribution is 0.0694. The van der Waals surface area contributed by atoms with E-state index >= 15 is 0 Å². The van der Waals surface area contributed by atoms with Crippen LogP contribution >= 0.6 is 0 Å². The van der Waals surface area contributed by atoms with Crippen molar-refractivity contribution in [2.45, 2.75) is 26.4 Å². The molecule has 0 bridgehead atoms. The van der Waals surface area contributed by atoms with E-state index < -0.39 is 11.5 Å². The van der Waals surface area contributed by atoms with Crippen molar-refractivity contribution in [1.29, 1.82) is 0 Å². The summed E-state index contributed by atoms with van der Waals surface area (Å²) >= 11 is 0. The van der Waals surface area contributed by atoms with Gasteiger partial charge in [-0.25, -0.2) is 9.78 Å². The fraction of sp³-hybridized carbons (Fsp3) is 0.308. The molecule has 2 rings (SSSR count). The van der Waals surface area contributed by atoms with Crippen LogP contribution in [0.15, 0.2) is 35.6 Å². The first kappa shape index (κ1) is 13.1. The van der Waals surface area contributed by atoms with E-state index in [9.17, 15) is 9.59 Å². The van der Waals surface area contributed by atoms with Gasteiger partial charge >= 0.3 is 5.97 Å². The Balaban J connectivity index is 2.33. The number of carboxylic acids is 1. The summed E-state index contributed by atoms with van der Waals surface area (Å²) in [6.45, 7) is 3.20. The Hall–Kier alpha value is -2.37. The number of hydrogen-bond acceptors (Lipinski definition) is 3. The van der Waals surface area contributed by atoms with E-state index in [1.54, 1.807) is 24.8 Å². The molecular formula is C13H15N3O3. The van der Waals surface area contributed by atoms with Crippen LogP contribution < -0.4 is 5.56 Å². The molecule has 0 spiro atoms. The molecule has 6 heteroatoms. The molecule has 2 heterocycles. The summed E-state index contributed by atoms with van der Waals surface area (Å²) in [6.07, 6.45) is 5.95. The third-order valence-corrected chi connectivity index (χ3v) is 2.85. The Morgan fingerprint density at radius 2 is 2.21 bits per heavy atom. The molecule has 0 atom stereocenters. The lowest BCUT2D eigenvalue weighted by Gasteiger charge is -2.09. The van der Waals surface area contributed by atoms with Crippen LogP contribution in [0, 0.1) is 0 Å². The first-order valence-electron chi connectivity index (χ1n) is 6.05. The number of pyridine rings is 1. The van der Waals surface area contributed by atoms with Gasteiger partial charge in [0, 0.05) is 18.9 Å². The fourth-order valence-electron chi connectivity index (χ4n) is 1.92. The van der Waals surface area contributed by atoms with Crippen LogP contribution in [0.3, 0.4) is 0 Å². The van der Waals surface area contributed by atoms with E-state index in [2.05, 4.69) is 11.9 Å². The van der Waals surface area contributed by atoms with E-state index in [-0.39, 0.29) is 5.56 Å². The summed E-state index contributed by atoms with van der Waals surface area (Å²) in [5.41, 5.74) is 0.162. The van der Waals surface area contributed by atoms with Crippen LogP contribution in [0.5, 0.6) is 0 Å². The summed E-state index contributed by atoms with van der Waals surface area (Å²) in [5, 5.41) is 8.92. The predicted molar refractivity (Wildman–Crippen MR) is 69.3 cm³/mol. The van der Waals surface area contributed by atoms with Crippen molar-refractivity contribution in [3.8, 4) is 0 Å². The summed E-state index contributed by atoms with van der Waals surface area (Å²) in [5.74, 6) is -1.21. The molecule has 0 aliphatic rings. The standard InChI is InChI=1S/C13H15N3O3/c1-2-5-16-9-14-7-10(16)8-15-6-3-4-11(12(15)17)13(18)19/h3-4,6-7,9H,2,5,8H2,1H3,(H,18,19). The number of nitrogens with zero attached hydrogens (tertiary/aromatic N) is 3. The SMILES string of the molecule is CCCn1cncc1Cn1cccc(C(=O)O)c1=O. The van der Waals surface area contributed by atoms with E-state index in [0.29, 0.717) is 6.54 Å². The van der Waals surface area contributed by atoms with Crippen LogP contribution in [0.25, 0.3) is 0 Å². The molecule has 0 aromatic carbocycles. The molecule has 2 aromatic heterocycles. The molecule has 1 N–H and O–H groups in total. The van der Waals surface area contributed by atoms with E-state index in [1.807, 2.05) is 4.57 Å². The van der Waals surface area contributed by atoms with Crippen LogP contribution in [-0.2, 0) is 13.1 Å². The van der Waals surface area contributed by atoms with Gasteiger partial charge in [-0.2, -0.15) is 0 Å². The van der Waals surface area contributed by atoms with Gasteiger partial charge in [0.05, 0.1) is 18.6 Å². The van der Waals surface area contributed by atoms with Crippen LogP contribution in [0.1, 0.15) is 29.4 Å². The van der Waals surface area contributed by atoms with Crippen LogP contribution in [0.2, 0.25) is 0 Å². The Morgan fingerprint density at radius 3 is 2.89 bits per heavy atom. The number of aryl methyl sites for hydroxylation is 1. The highest BCUT2D eigenvalue weighted by Crippen LogP contribution is 2.03. The minimum atomic E-state index is -1.21.